The first-order valence-corrected chi connectivity index (χ1v) is 6.58. The van der Waals surface area contributed by atoms with Gasteiger partial charge in [-0.15, -0.1) is 0 Å². The van der Waals surface area contributed by atoms with Crippen molar-refractivity contribution in [2.24, 2.45) is 17.1 Å². The van der Waals surface area contributed by atoms with Crippen LogP contribution in [0.25, 0.3) is 0 Å². The van der Waals surface area contributed by atoms with E-state index in [2.05, 4.69) is 26.8 Å². The Hall–Kier alpha value is -0.830. The summed E-state index contributed by atoms with van der Waals surface area (Å²) in [7, 11) is 0. The molecule has 3 heteroatoms. The second-order valence-corrected chi connectivity index (χ2v) is 5.85. The maximum absolute atomic E-state index is 12.1. The molecule has 98 valence electrons. The molecule has 0 saturated heterocycles. The van der Waals surface area contributed by atoms with Gasteiger partial charge in [-0.3, -0.25) is 4.79 Å². The molecule has 0 aromatic rings. The standard InChI is InChI=1S/C14H26N2O/c1-5-11(10-15)13(17)16-8-6-12(7-9-16)14(2,3)4/h6,11H,5,7-10,15H2,1-4H3. The minimum atomic E-state index is -0.000383. The Morgan fingerprint density at radius 3 is 2.53 bits per heavy atom. The van der Waals surface area contributed by atoms with E-state index < -0.39 is 0 Å². The highest BCUT2D eigenvalue weighted by Crippen LogP contribution is 2.30. The lowest BCUT2D eigenvalue weighted by atomic mass is 9.83. The average molecular weight is 238 g/mol. The van der Waals surface area contributed by atoms with E-state index in [4.69, 9.17) is 5.73 Å². The summed E-state index contributed by atoms with van der Waals surface area (Å²) in [5.41, 5.74) is 7.31. The van der Waals surface area contributed by atoms with Crippen LogP contribution in [-0.2, 0) is 4.79 Å². The highest BCUT2D eigenvalue weighted by molar-refractivity contribution is 5.79. The lowest BCUT2D eigenvalue weighted by molar-refractivity contribution is -0.135. The predicted molar refractivity (Wildman–Crippen MR) is 71.6 cm³/mol. The third-order valence-electron chi connectivity index (χ3n) is 3.61. The van der Waals surface area contributed by atoms with Crippen LogP contribution in [0.2, 0.25) is 0 Å². The molecular formula is C14H26N2O. The van der Waals surface area contributed by atoms with E-state index in [-0.39, 0.29) is 17.2 Å². The van der Waals surface area contributed by atoms with Gasteiger partial charge in [0.1, 0.15) is 0 Å². The van der Waals surface area contributed by atoms with Gasteiger partial charge in [0, 0.05) is 19.6 Å². The Kier molecular flexibility index (Phi) is 4.75. The van der Waals surface area contributed by atoms with E-state index in [0.717, 1.165) is 25.9 Å². The third kappa shape index (κ3) is 3.56. The van der Waals surface area contributed by atoms with Crippen molar-refractivity contribution in [3.05, 3.63) is 11.6 Å². The average Bonchev–Trinajstić information content (AvgIpc) is 2.29. The zero-order chi connectivity index (χ0) is 13.1. The Bertz CT molecular complexity index is 298. The summed E-state index contributed by atoms with van der Waals surface area (Å²) in [6, 6.07) is 0. The van der Waals surface area contributed by atoms with E-state index in [1.807, 2.05) is 11.8 Å². The molecule has 1 unspecified atom stereocenters. The number of carbonyl (C=O) groups excluding carboxylic acids is 1. The molecule has 2 N–H and O–H groups in total. The summed E-state index contributed by atoms with van der Waals surface area (Å²) >= 11 is 0. The van der Waals surface area contributed by atoms with Crippen molar-refractivity contribution in [3.63, 3.8) is 0 Å². The number of hydrogen-bond donors (Lipinski definition) is 1. The molecule has 0 aromatic carbocycles. The van der Waals surface area contributed by atoms with E-state index in [9.17, 15) is 4.79 Å². The van der Waals surface area contributed by atoms with Gasteiger partial charge in [0.25, 0.3) is 0 Å². The topological polar surface area (TPSA) is 46.3 Å². The Morgan fingerprint density at radius 2 is 2.18 bits per heavy atom. The van der Waals surface area contributed by atoms with Crippen LogP contribution < -0.4 is 5.73 Å². The maximum Gasteiger partial charge on any atom is 0.227 e. The predicted octanol–water partition coefficient (Wildman–Crippen LogP) is 2.18. The fraction of sp³-hybridized carbons (Fsp3) is 0.786. The molecule has 1 amide bonds. The van der Waals surface area contributed by atoms with Crippen molar-refractivity contribution in [1.29, 1.82) is 0 Å². The minimum absolute atomic E-state index is 0.000383. The molecule has 1 rings (SSSR count). The summed E-state index contributed by atoms with van der Waals surface area (Å²) < 4.78 is 0. The summed E-state index contributed by atoms with van der Waals surface area (Å²) in [6.45, 7) is 10.8. The fourth-order valence-electron chi connectivity index (χ4n) is 2.25. The molecule has 0 aromatic heterocycles. The van der Waals surface area contributed by atoms with Gasteiger partial charge >= 0.3 is 0 Å². The molecule has 1 atom stereocenters. The van der Waals surface area contributed by atoms with Gasteiger partial charge in [0.2, 0.25) is 5.91 Å². The van der Waals surface area contributed by atoms with Crippen LogP contribution >= 0.6 is 0 Å². The van der Waals surface area contributed by atoms with Crippen molar-refractivity contribution in [2.75, 3.05) is 19.6 Å². The zero-order valence-electron chi connectivity index (χ0n) is 11.6. The lowest BCUT2D eigenvalue weighted by Gasteiger charge is -2.33. The highest BCUT2D eigenvalue weighted by Gasteiger charge is 2.26. The molecule has 0 bridgehead atoms. The van der Waals surface area contributed by atoms with E-state index in [1.165, 1.54) is 5.57 Å². The quantitative estimate of drug-likeness (QED) is 0.766. The van der Waals surface area contributed by atoms with Crippen LogP contribution in [0, 0.1) is 11.3 Å². The van der Waals surface area contributed by atoms with Crippen LogP contribution in [0.5, 0.6) is 0 Å². The van der Waals surface area contributed by atoms with E-state index in [1.54, 1.807) is 0 Å². The number of hydrogen-bond acceptors (Lipinski definition) is 2. The molecule has 0 fully saturated rings. The van der Waals surface area contributed by atoms with Crippen molar-refractivity contribution in [3.8, 4) is 0 Å². The van der Waals surface area contributed by atoms with Gasteiger partial charge in [0.15, 0.2) is 0 Å². The van der Waals surface area contributed by atoms with Crippen molar-refractivity contribution in [2.45, 2.75) is 40.5 Å². The van der Waals surface area contributed by atoms with E-state index >= 15 is 0 Å². The molecule has 0 aliphatic carbocycles. The molecule has 0 saturated carbocycles. The van der Waals surface area contributed by atoms with Gasteiger partial charge in [-0.05, 0) is 18.3 Å². The normalized spacial score (nSPS) is 18.9. The highest BCUT2D eigenvalue weighted by atomic mass is 16.2. The van der Waals surface area contributed by atoms with Gasteiger partial charge in [-0.25, -0.2) is 0 Å². The lowest BCUT2D eigenvalue weighted by Crippen LogP contribution is -2.42. The summed E-state index contributed by atoms with van der Waals surface area (Å²) in [5, 5.41) is 0. The molecule has 0 spiro atoms. The third-order valence-corrected chi connectivity index (χ3v) is 3.61. The van der Waals surface area contributed by atoms with Crippen LogP contribution in [0.4, 0.5) is 0 Å². The van der Waals surface area contributed by atoms with Crippen LogP contribution in [0.1, 0.15) is 40.5 Å². The van der Waals surface area contributed by atoms with Crippen LogP contribution in [0.15, 0.2) is 11.6 Å². The molecule has 1 aliphatic heterocycles. The van der Waals surface area contributed by atoms with Crippen LogP contribution in [0.3, 0.4) is 0 Å². The molecule has 3 nitrogen and oxygen atoms in total. The summed E-state index contributed by atoms with van der Waals surface area (Å²) in [4.78, 5) is 14.1. The summed E-state index contributed by atoms with van der Waals surface area (Å²) in [6.07, 6.45) is 4.04. The minimum Gasteiger partial charge on any atom is -0.338 e. The first-order chi connectivity index (χ1) is 7.90. The van der Waals surface area contributed by atoms with Gasteiger partial charge in [0.05, 0.1) is 5.92 Å². The number of rotatable bonds is 3. The van der Waals surface area contributed by atoms with Crippen molar-refractivity contribution in [1.82, 2.24) is 4.90 Å². The second-order valence-electron chi connectivity index (χ2n) is 5.85. The molecule has 17 heavy (non-hydrogen) atoms. The first kappa shape index (κ1) is 14.2. The summed E-state index contributed by atoms with van der Waals surface area (Å²) in [5.74, 6) is 0.221. The largest absolute Gasteiger partial charge is 0.338 e. The Balaban J connectivity index is 2.63. The Morgan fingerprint density at radius 1 is 1.53 bits per heavy atom. The number of carbonyl (C=O) groups is 1. The smallest absolute Gasteiger partial charge is 0.227 e. The van der Waals surface area contributed by atoms with E-state index in [0.29, 0.717) is 6.54 Å². The van der Waals surface area contributed by atoms with Gasteiger partial charge in [-0.2, -0.15) is 0 Å². The fourth-order valence-corrected chi connectivity index (χ4v) is 2.25. The zero-order valence-corrected chi connectivity index (χ0v) is 11.6. The Labute approximate surface area is 105 Å². The van der Waals surface area contributed by atoms with Crippen molar-refractivity contribution >= 4 is 5.91 Å². The number of nitrogens with two attached hydrogens (primary N) is 1. The van der Waals surface area contributed by atoms with Crippen molar-refractivity contribution < 1.29 is 4.79 Å². The molecular weight excluding hydrogens is 212 g/mol. The van der Waals surface area contributed by atoms with Gasteiger partial charge < -0.3 is 10.6 Å². The SMILES string of the molecule is CCC(CN)C(=O)N1CC=C(C(C)(C)C)CC1. The number of nitrogens with zero attached hydrogens (tertiary/aromatic N) is 1. The monoisotopic (exact) mass is 238 g/mol. The molecule has 1 heterocycles. The molecule has 1 aliphatic rings. The first-order valence-electron chi connectivity index (χ1n) is 6.58. The van der Waals surface area contributed by atoms with Crippen LogP contribution in [-0.4, -0.2) is 30.4 Å². The molecule has 0 radical (unpaired) electrons. The van der Waals surface area contributed by atoms with Gasteiger partial charge in [-0.1, -0.05) is 39.3 Å². The second kappa shape index (κ2) is 5.67. The number of amides is 1. The maximum atomic E-state index is 12.1.